The number of benzene rings is 2. The smallest absolute Gasteiger partial charge is 0.255 e. The van der Waals surface area contributed by atoms with Crippen LogP contribution in [0.25, 0.3) is 0 Å². The fourth-order valence-corrected chi connectivity index (χ4v) is 3.74. The van der Waals surface area contributed by atoms with Crippen LogP contribution in [0.1, 0.15) is 24.2 Å². The van der Waals surface area contributed by atoms with Crippen molar-refractivity contribution in [3.05, 3.63) is 66.5 Å². The van der Waals surface area contributed by atoms with Crippen LogP contribution in [-0.2, 0) is 10.0 Å². The van der Waals surface area contributed by atoms with Crippen LogP contribution in [0.2, 0.25) is 0 Å². The van der Waals surface area contributed by atoms with Crippen molar-refractivity contribution in [3.63, 3.8) is 0 Å². The number of nitrogens with one attached hydrogen (secondary N) is 2. The molecule has 1 amide bonds. The van der Waals surface area contributed by atoms with Crippen molar-refractivity contribution < 1.29 is 17.6 Å². The molecule has 0 heterocycles. The summed E-state index contributed by atoms with van der Waals surface area (Å²) in [6.45, 7) is 9.23. The van der Waals surface area contributed by atoms with E-state index in [0.29, 0.717) is 5.69 Å². The van der Waals surface area contributed by atoms with E-state index in [1.54, 1.807) is 12.1 Å². The zero-order valence-electron chi connectivity index (χ0n) is 15.9. The third-order valence-corrected chi connectivity index (χ3v) is 5.59. The molecule has 0 aliphatic heterocycles. The number of halogens is 1. The van der Waals surface area contributed by atoms with Crippen LogP contribution in [0.15, 0.2) is 60.0 Å². The molecule has 0 fully saturated rings. The molecular weight excluding hydrogens is 381 g/mol. The fraction of sp³-hybridized carbons (Fsp3) is 0.250. The molecule has 2 N–H and O–H groups in total. The summed E-state index contributed by atoms with van der Waals surface area (Å²) < 4.78 is 40.5. The number of carbonyl (C=O) groups is 1. The molecule has 6 nitrogen and oxygen atoms in total. The first kappa shape index (κ1) is 21.6. The summed E-state index contributed by atoms with van der Waals surface area (Å²) in [5.41, 5.74) is 1.62. The number of nitrogens with zero attached hydrogens (tertiary/aromatic N) is 1. The minimum absolute atomic E-state index is 0.0354. The van der Waals surface area contributed by atoms with E-state index in [1.165, 1.54) is 12.1 Å². The lowest BCUT2D eigenvalue weighted by atomic mass is 10.2. The number of sulfonamides is 1. The average Bonchev–Trinajstić information content (AvgIpc) is 2.68. The molecule has 2 aromatic carbocycles. The molecule has 0 aromatic heterocycles. The van der Waals surface area contributed by atoms with Gasteiger partial charge in [0.05, 0.1) is 0 Å². The second-order valence-corrected chi connectivity index (χ2v) is 7.69. The van der Waals surface area contributed by atoms with E-state index in [9.17, 15) is 17.6 Å². The van der Waals surface area contributed by atoms with Gasteiger partial charge in [-0.05, 0) is 56.3 Å². The van der Waals surface area contributed by atoms with Gasteiger partial charge in [-0.15, -0.1) is 6.58 Å². The highest BCUT2D eigenvalue weighted by Crippen LogP contribution is 2.20. The number of rotatable bonds is 9. The summed E-state index contributed by atoms with van der Waals surface area (Å²) in [6.07, 6.45) is 1.34. The highest BCUT2D eigenvalue weighted by molar-refractivity contribution is 7.89. The van der Waals surface area contributed by atoms with E-state index in [2.05, 4.69) is 35.4 Å². The Kier molecular flexibility index (Phi) is 7.31. The zero-order valence-corrected chi connectivity index (χ0v) is 16.7. The minimum atomic E-state index is -4.08. The van der Waals surface area contributed by atoms with Gasteiger partial charge in [-0.3, -0.25) is 4.79 Å². The van der Waals surface area contributed by atoms with Crippen LogP contribution in [0.4, 0.5) is 15.8 Å². The third kappa shape index (κ3) is 5.17. The number of amides is 1. The molecule has 8 heteroatoms. The normalized spacial score (nSPS) is 11.1. The van der Waals surface area contributed by atoms with Crippen LogP contribution in [0.5, 0.6) is 0 Å². The van der Waals surface area contributed by atoms with Crippen molar-refractivity contribution in [2.75, 3.05) is 29.9 Å². The van der Waals surface area contributed by atoms with Crippen LogP contribution < -0.4 is 14.9 Å². The highest BCUT2D eigenvalue weighted by atomic mass is 32.2. The molecule has 0 radical (unpaired) electrons. The third-order valence-electron chi connectivity index (χ3n) is 4.15. The Morgan fingerprint density at radius 2 is 1.79 bits per heavy atom. The van der Waals surface area contributed by atoms with Gasteiger partial charge in [0.2, 0.25) is 10.0 Å². The summed E-state index contributed by atoms with van der Waals surface area (Å²) in [4.78, 5) is 14.1. The molecule has 0 atom stereocenters. The molecule has 0 saturated heterocycles. The van der Waals surface area contributed by atoms with E-state index in [1.807, 2.05) is 12.1 Å². The predicted octanol–water partition coefficient (Wildman–Crippen LogP) is 3.39. The lowest BCUT2D eigenvalue weighted by molar-refractivity contribution is 0.102. The Morgan fingerprint density at radius 3 is 2.36 bits per heavy atom. The number of carbonyl (C=O) groups excluding carboxylic acids is 1. The second kappa shape index (κ2) is 9.48. The Hall–Kier alpha value is -2.71. The largest absolute Gasteiger partial charge is 0.372 e. The van der Waals surface area contributed by atoms with Crippen molar-refractivity contribution in [2.45, 2.75) is 18.7 Å². The Bertz CT molecular complexity index is 940. The van der Waals surface area contributed by atoms with Gasteiger partial charge < -0.3 is 10.2 Å². The van der Waals surface area contributed by atoms with Gasteiger partial charge in [0.1, 0.15) is 10.7 Å². The van der Waals surface area contributed by atoms with Crippen molar-refractivity contribution >= 4 is 27.3 Å². The zero-order chi connectivity index (χ0) is 20.7. The predicted molar refractivity (Wildman–Crippen MR) is 110 cm³/mol. The second-order valence-electron chi connectivity index (χ2n) is 5.96. The first-order valence-corrected chi connectivity index (χ1v) is 10.4. The number of hydrogen-bond acceptors (Lipinski definition) is 4. The first-order chi connectivity index (χ1) is 13.3. The van der Waals surface area contributed by atoms with E-state index in [0.717, 1.165) is 30.9 Å². The van der Waals surface area contributed by atoms with Crippen LogP contribution in [0, 0.1) is 5.82 Å². The van der Waals surface area contributed by atoms with Gasteiger partial charge in [0.25, 0.3) is 5.91 Å². The van der Waals surface area contributed by atoms with Gasteiger partial charge in [-0.2, -0.15) is 0 Å². The van der Waals surface area contributed by atoms with E-state index < -0.39 is 26.6 Å². The lowest BCUT2D eigenvalue weighted by Crippen LogP contribution is -2.25. The summed E-state index contributed by atoms with van der Waals surface area (Å²) in [5, 5.41) is 2.69. The van der Waals surface area contributed by atoms with Crippen LogP contribution in [0.3, 0.4) is 0 Å². The van der Waals surface area contributed by atoms with Gasteiger partial charge in [0, 0.05) is 36.6 Å². The number of anilines is 2. The highest BCUT2D eigenvalue weighted by Gasteiger charge is 2.20. The summed E-state index contributed by atoms with van der Waals surface area (Å²) in [7, 11) is -4.08. The van der Waals surface area contributed by atoms with Gasteiger partial charge in [-0.1, -0.05) is 6.08 Å². The molecule has 0 aliphatic rings. The molecule has 2 aromatic rings. The first-order valence-electron chi connectivity index (χ1n) is 8.88. The quantitative estimate of drug-likeness (QED) is 0.627. The maximum Gasteiger partial charge on any atom is 0.255 e. The van der Waals surface area contributed by atoms with Gasteiger partial charge in [0.15, 0.2) is 0 Å². The van der Waals surface area contributed by atoms with Gasteiger partial charge >= 0.3 is 0 Å². The summed E-state index contributed by atoms with van der Waals surface area (Å²) >= 11 is 0. The van der Waals surface area contributed by atoms with Gasteiger partial charge in [-0.25, -0.2) is 17.5 Å². The molecule has 0 spiro atoms. The monoisotopic (exact) mass is 405 g/mol. The molecule has 28 heavy (non-hydrogen) atoms. The lowest BCUT2D eigenvalue weighted by Gasteiger charge is -2.21. The molecule has 0 aliphatic carbocycles. The van der Waals surface area contributed by atoms with E-state index in [4.69, 9.17) is 0 Å². The SMILES string of the molecule is C=CCNS(=O)(=O)c1cc(C(=O)Nc2ccc(N(CC)CC)cc2)ccc1F. The molecule has 150 valence electrons. The minimum Gasteiger partial charge on any atom is -0.372 e. The Labute approximate surface area is 165 Å². The maximum absolute atomic E-state index is 14.0. The standard InChI is InChI=1S/C20H24FN3O3S/c1-4-13-22-28(26,27)19-14-15(7-12-18(19)21)20(25)23-16-8-10-17(11-9-16)24(5-2)6-3/h4,7-12,14,22H,1,5-6,13H2,2-3H3,(H,23,25). The average molecular weight is 405 g/mol. The van der Waals surface area contributed by atoms with Crippen molar-refractivity contribution in [2.24, 2.45) is 0 Å². The van der Waals surface area contributed by atoms with Crippen LogP contribution in [-0.4, -0.2) is 34.0 Å². The molecular formula is C20H24FN3O3S. The Balaban J connectivity index is 2.21. The van der Waals surface area contributed by atoms with Crippen molar-refractivity contribution in [1.29, 1.82) is 0 Å². The Morgan fingerprint density at radius 1 is 1.14 bits per heavy atom. The summed E-state index contributed by atoms with van der Waals surface area (Å²) in [5.74, 6) is -1.47. The maximum atomic E-state index is 14.0. The fourth-order valence-electron chi connectivity index (χ4n) is 2.64. The molecule has 0 saturated carbocycles. The molecule has 0 unspecified atom stereocenters. The summed E-state index contributed by atoms with van der Waals surface area (Å²) in [6, 6.07) is 10.5. The molecule has 0 bridgehead atoms. The molecule has 2 rings (SSSR count). The van der Waals surface area contributed by atoms with Crippen LogP contribution >= 0.6 is 0 Å². The van der Waals surface area contributed by atoms with Crippen molar-refractivity contribution in [3.8, 4) is 0 Å². The topological polar surface area (TPSA) is 78.5 Å². The van der Waals surface area contributed by atoms with E-state index in [-0.39, 0.29) is 12.1 Å². The van der Waals surface area contributed by atoms with E-state index >= 15 is 0 Å². The number of hydrogen-bond donors (Lipinski definition) is 2. The van der Waals surface area contributed by atoms with Crippen molar-refractivity contribution in [1.82, 2.24) is 4.72 Å².